The highest BCUT2D eigenvalue weighted by atomic mass is 16.5. The molecule has 0 aliphatic heterocycles. The summed E-state index contributed by atoms with van der Waals surface area (Å²) in [5.41, 5.74) is 0.408. The lowest BCUT2D eigenvalue weighted by Crippen LogP contribution is -1.95. The Bertz CT molecular complexity index is 637. The normalized spacial score (nSPS) is 10.2. The van der Waals surface area contributed by atoms with E-state index in [-0.39, 0.29) is 5.89 Å². The zero-order chi connectivity index (χ0) is 14.7. The molecule has 0 bridgehead atoms. The van der Waals surface area contributed by atoms with E-state index in [9.17, 15) is 4.79 Å². The zero-order valence-corrected chi connectivity index (χ0v) is 11.0. The minimum Gasteiger partial charge on any atom is -0.496 e. The van der Waals surface area contributed by atoms with Gasteiger partial charge in [0, 0.05) is 12.1 Å². The second-order valence-corrected chi connectivity index (χ2v) is 3.62. The maximum atomic E-state index is 10.8. The highest BCUT2D eigenvalue weighted by Crippen LogP contribution is 2.39. The van der Waals surface area contributed by atoms with Crippen molar-refractivity contribution in [1.82, 2.24) is 10.2 Å². The standard InChI is InChI=1S/C12H12N2O6/c1-17-7-5-9(19-3)8(18-2)4-6(7)10-13-14-11(20-10)12(15)16/h4-5H,1-3H3,(H,15,16). The van der Waals surface area contributed by atoms with Crippen molar-refractivity contribution in [3.05, 3.63) is 18.0 Å². The fourth-order valence-electron chi connectivity index (χ4n) is 1.61. The Balaban J connectivity index is 2.56. The van der Waals surface area contributed by atoms with Crippen molar-refractivity contribution in [1.29, 1.82) is 0 Å². The molecule has 0 aliphatic carbocycles. The molecule has 1 N–H and O–H groups in total. The predicted molar refractivity (Wildman–Crippen MR) is 66.3 cm³/mol. The molecule has 1 aromatic carbocycles. The number of hydrogen-bond acceptors (Lipinski definition) is 7. The van der Waals surface area contributed by atoms with Gasteiger partial charge in [-0.15, -0.1) is 10.2 Å². The van der Waals surface area contributed by atoms with Gasteiger partial charge in [0.1, 0.15) is 5.75 Å². The average Bonchev–Trinajstić information content (AvgIpc) is 2.95. The van der Waals surface area contributed by atoms with E-state index in [0.717, 1.165) is 0 Å². The van der Waals surface area contributed by atoms with Gasteiger partial charge < -0.3 is 23.7 Å². The second-order valence-electron chi connectivity index (χ2n) is 3.62. The summed E-state index contributed by atoms with van der Waals surface area (Å²) in [7, 11) is 4.43. The largest absolute Gasteiger partial charge is 0.496 e. The molecule has 2 rings (SSSR count). The molecule has 1 heterocycles. The Kier molecular flexibility index (Phi) is 3.74. The molecule has 0 saturated heterocycles. The van der Waals surface area contributed by atoms with E-state index in [0.29, 0.717) is 22.8 Å². The average molecular weight is 280 g/mol. The van der Waals surface area contributed by atoms with E-state index in [1.807, 2.05) is 0 Å². The smallest absolute Gasteiger partial charge is 0.393 e. The summed E-state index contributed by atoms with van der Waals surface area (Å²) < 4.78 is 20.6. The van der Waals surface area contributed by atoms with Crippen LogP contribution < -0.4 is 14.2 Å². The van der Waals surface area contributed by atoms with Gasteiger partial charge in [-0.25, -0.2) is 4.79 Å². The molecule has 0 aliphatic rings. The maximum absolute atomic E-state index is 10.8. The Hall–Kier alpha value is -2.77. The SMILES string of the molecule is COc1cc(OC)c(-c2nnc(C(=O)O)o2)cc1OC. The molecule has 106 valence electrons. The van der Waals surface area contributed by atoms with Crippen LogP contribution in [0, 0.1) is 0 Å². The van der Waals surface area contributed by atoms with E-state index in [1.165, 1.54) is 21.3 Å². The summed E-state index contributed by atoms with van der Waals surface area (Å²) in [6.45, 7) is 0. The molecule has 0 saturated carbocycles. The lowest BCUT2D eigenvalue weighted by atomic mass is 10.1. The first-order chi connectivity index (χ1) is 9.60. The number of ether oxygens (including phenoxy) is 3. The summed E-state index contributed by atoms with van der Waals surface area (Å²) in [6, 6.07) is 3.15. The van der Waals surface area contributed by atoms with Gasteiger partial charge in [0.25, 0.3) is 5.89 Å². The van der Waals surface area contributed by atoms with Crippen LogP contribution in [0.3, 0.4) is 0 Å². The highest BCUT2D eigenvalue weighted by Gasteiger charge is 2.20. The number of carboxylic acids is 1. The van der Waals surface area contributed by atoms with Crippen LogP contribution in [0.5, 0.6) is 17.2 Å². The Labute approximate surface area is 113 Å². The number of aromatic nitrogens is 2. The summed E-state index contributed by atoms with van der Waals surface area (Å²) in [6.07, 6.45) is 0. The lowest BCUT2D eigenvalue weighted by Gasteiger charge is -2.11. The van der Waals surface area contributed by atoms with Crippen molar-refractivity contribution < 1.29 is 28.5 Å². The maximum Gasteiger partial charge on any atom is 0.393 e. The number of rotatable bonds is 5. The molecule has 0 fully saturated rings. The molecule has 0 radical (unpaired) electrons. The molecule has 8 heteroatoms. The summed E-state index contributed by atoms with van der Waals surface area (Å²) in [5.74, 6) is -0.507. The predicted octanol–water partition coefficient (Wildman–Crippen LogP) is 1.46. The number of aromatic carboxylic acids is 1. The van der Waals surface area contributed by atoms with Crippen molar-refractivity contribution in [2.75, 3.05) is 21.3 Å². The van der Waals surface area contributed by atoms with Crippen LogP contribution in [-0.4, -0.2) is 42.6 Å². The van der Waals surface area contributed by atoms with Crippen LogP contribution in [0.1, 0.15) is 10.7 Å². The van der Waals surface area contributed by atoms with Crippen LogP contribution in [-0.2, 0) is 0 Å². The fourth-order valence-corrected chi connectivity index (χ4v) is 1.61. The number of carbonyl (C=O) groups is 1. The lowest BCUT2D eigenvalue weighted by molar-refractivity contribution is 0.0654. The van der Waals surface area contributed by atoms with Crippen LogP contribution in [0.15, 0.2) is 16.5 Å². The van der Waals surface area contributed by atoms with Crippen LogP contribution in [0.25, 0.3) is 11.5 Å². The second kappa shape index (κ2) is 5.47. The molecule has 8 nitrogen and oxygen atoms in total. The number of benzene rings is 1. The van der Waals surface area contributed by atoms with Crippen LogP contribution in [0.4, 0.5) is 0 Å². The van der Waals surface area contributed by atoms with Gasteiger partial charge in [0.15, 0.2) is 11.5 Å². The quantitative estimate of drug-likeness (QED) is 0.877. The van der Waals surface area contributed by atoms with E-state index < -0.39 is 11.9 Å². The number of methoxy groups -OCH3 is 3. The van der Waals surface area contributed by atoms with E-state index in [1.54, 1.807) is 12.1 Å². The minimum atomic E-state index is -1.30. The first-order valence-corrected chi connectivity index (χ1v) is 5.48. The van der Waals surface area contributed by atoms with Crippen LogP contribution >= 0.6 is 0 Å². The van der Waals surface area contributed by atoms with Gasteiger partial charge in [-0.2, -0.15) is 0 Å². The molecular formula is C12H12N2O6. The highest BCUT2D eigenvalue weighted by molar-refractivity contribution is 5.82. The van der Waals surface area contributed by atoms with Gasteiger partial charge >= 0.3 is 11.9 Å². The van der Waals surface area contributed by atoms with Crippen molar-refractivity contribution in [3.63, 3.8) is 0 Å². The Morgan fingerprint density at radius 1 is 1.05 bits per heavy atom. The molecule has 0 spiro atoms. The monoisotopic (exact) mass is 280 g/mol. The Morgan fingerprint density at radius 3 is 2.15 bits per heavy atom. The molecule has 0 amide bonds. The minimum absolute atomic E-state index is 0.0141. The van der Waals surface area contributed by atoms with E-state index >= 15 is 0 Å². The van der Waals surface area contributed by atoms with Gasteiger partial charge in [0.05, 0.1) is 26.9 Å². The van der Waals surface area contributed by atoms with Gasteiger partial charge in [-0.05, 0) is 0 Å². The molecule has 20 heavy (non-hydrogen) atoms. The third-order valence-electron chi connectivity index (χ3n) is 2.54. The third kappa shape index (κ3) is 2.35. The summed E-state index contributed by atoms with van der Waals surface area (Å²) in [4.78, 5) is 10.8. The molecule has 0 atom stereocenters. The van der Waals surface area contributed by atoms with Gasteiger partial charge in [0.2, 0.25) is 0 Å². The molecule has 0 unspecified atom stereocenters. The van der Waals surface area contributed by atoms with Crippen molar-refractivity contribution in [2.45, 2.75) is 0 Å². The first-order valence-electron chi connectivity index (χ1n) is 5.48. The van der Waals surface area contributed by atoms with Crippen molar-refractivity contribution >= 4 is 5.97 Å². The third-order valence-corrected chi connectivity index (χ3v) is 2.54. The molecule has 2 aromatic rings. The van der Waals surface area contributed by atoms with Crippen LogP contribution in [0.2, 0.25) is 0 Å². The summed E-state index contributed by atoms with van der Waals surface area (Å²) >= 11 is 0. The fraction of sp³-hybridized carbons (Fsp3) is 0.250. The summed E-state index contributed by atoms with van der Waals surface area (Å²) in [5, 5.41) is 15.9. The molecule has 1 aromatic heterocycles. The number of hydrogen-bond donors (Lipinski definition) is 1. The van der Waals surface area contributed by atoms with Crippen molar-refractivity contribution in [2.24, 2.45) is 0 Å². The topological polar surface area (TPSA) is 104 Å². The molecular weight excluding hydrogens is 268 g/mol. The number of nitrogens with zero attached hydrogens (tertiary/aromatic N) is 2. The first kappa shape index (κ1) is 13.7. The van der Waals surface area contributed by atoms with Gasteiger partial charge in [-0.3, -0.25) is 0 Å². The number of carboxylic acid groups (broad SMARTS) is 1. The zero-order valence-electron chi connectivity index (χ0n) is 11.0. The van der Waals surface area contributed by atoms with E-state index in [4.69, 9.17) is 23.7 Å². The Morgan fingerprint density at radius 2 is 1.65 bits per heavy atom. The van der Waals surface area contributed by atoms with Crippen molar-refractivity contribution in [3.8, 4) is 28.7 Å². The van der Waals surface area contributed by atoms with Gasteiger partial charge in [-0.1, -0.05) is 0 Å². The van der Waals surface area contributed by atoms with E-state index in [2.05, 4.69) is 10.2 Å².